The molecule has 0 atom stereocenters. The Morgan fingerprint density at radius 1 is 0.451 bits per heavy atom. The van der Waals surface area contributed by atoms with Gasteiger partial charge in [0.1, 0.15) is 22.3 Å². The summed E-state index contributed by atoms with van der Waals surface area (Å²) < 4.78 is 70.3. The van der Waals surface area contributed by atoms with Gasteiger partial charge in [-0.3, -0.25) is 0 Å². The van der Waals surface area contributed by atoms with Crippen LogP contribution < -0.4 is 0 Å². The van der Waals surface area contributed by atoms with E-state index < -0.39 is 0 Å². The monoisotopic (exact) mass is 677 g/mol. The number of rotatable bonds is 4. The highest BCUT2D eigenvalue weighted by Gasteiger charge is 2.20. The molecule has 0 amide bonds. The van der Waals surface area contributed by atoms with Crippen molar-refractivity contribution in [3.8, 4) is 45.3 Å². The molecule has 4 heterocycles. The summed E-state index contributed by atoms with van der Waals surface area (Å²) in [6, 6.07) is 34.7. The molecule has 0 fully saturated rings. The Morgan fingerprint density at radius 3 is 2.10 bits per heavy atom. The van der Waals surface area contributed by atoms with Gasteiger partial charge >= 0.3 is 0 Å². The minimum Gasteiger partial charge on any atom is -0.456 e. The minimum atomic E-state index is -0.341. The number of aromatic nitrogens is 3. The molecule has 5 nitrogen and oxygen atoms in total. The van der Waals surface area contributed by atoms with E-state index in [4.69, 9.17) is 26.5 Å². The number of nitrogens with zero attached hydrogens (tertiary/aromatic N) is 3. The lowest BCUT2D eigenvalue weighted by molar-refractivity contribution is 0.669. The van der Waals surface area contributed by atoms with Crippen LogP contribution in [0.25, 0.3) is 109 Å². The van der Waals surface area contributed by atoms with E-state index in [9.17, 15) is 5.48 Å². The van der Waals surface area contributed by atoms with Crippen LogP contribution in [0.4, 0.5) is 0 Å². The fourth-order valence-corrected chi connectivity index (χ4v) is 8.12. The molecule has 0 radical (unpaired) electrons. The van der Waals surface area contributed by atoms with Crippen molar-refractivity contribution < 1.29 is 17.1 Å². The summed E-state index contributed by atoms with van der Waals surface area (Å²) in [5.41, 5.74) is 3.63. The number of fused-ring (bicyclic) bond motifs is 9. The van der Waals surface area contributed by atoms with E-state index in [0.29, 0.717) is 33.7 Å². The van der Waals surface area contributed by atoms with Crippen LogP contribution in [0.5, 0.6) is 0 Å². The molecular formula is C45H25N3O2S. The zero-order chi connectivity index (χ0) is 38.7. The average molecular weight is 678 g/mol. The molecule has 0 spiro atoms. The minimum absolute atomic E-state index is 0.00212. The standard InChI is InChI=1S/C45H25N3O2S/c1-2-11-26(12-3-1)43-46-44(48-45(47-43)34-18-9-20-36-40(34)32-13-4-6-19-35(32)49-36)27-23-24-28-30-16-8-17-31(42(30)50-37(28)25-27)29-15-10-22-39-41(29)33-14-5-7-21-38(33)51-39/h1-25H/i8D,16D,17D,23D,24D,25D. The Hall–Kier alpha value is -6.63. The first-order valence-electron chi connectivity index (χ1n) is 19.4. The molecule has 238 valence electrons. The maximum atomic E-state index is 9.61. The second kappa shape index (κ2) is 10.9. The van der Waals surface area contributed by atoms with E-state index >= 15 is 0 Å². The molecule has 11 aromatic rings. The molecule has 7 aromatic carbocycles. The molecule has 0 bridgehead atoms. The van der Waals surface area contributed by atoms with Crippen LogP contribution in [0.2, 0.25) is 0 Å². The van der Waals surface area contributed by atoms with Gasteiger partial charge in [-0.25, -0.2) is 15.0 Å². The van der Waals surface area contributed by atoms with Gasteiger partial charge < -0.3 is 8.83 Å². The van der Waals surface area contributed by atoms with Crippen molar-refractivity contribution in [2.45, 2.75) is 0 Å². The quantitative estimate of drug-likeness (QED) is 0.185. The van der Waals surface area contributed by atoms with Crippen molar-refractivity contribution in [1.29, 1.82) is 0 Å². The van der Waals surface area contributed by atoms with Gasteiger partial charge in [0, 0.05) is 64.0 Å². The third-order valence-corrected chi connectivity index (χ3v) is 10.4. The maximum absolute atomic E-state index is 9.61. The first-order valence-corrected chi connectivity index (χ1v) is 17.2. The molecule has 4 aromatic heterocycles. The van der Waals surface area contributed by atoms with Crippen LogP contribution >= 0.6 is 11.3 Å². The van der Waals surface area contributed by atoms with Crippen LogP contribution in [0, 0.1) is 0 Å². The maximum Gasteiger partial charge on any atom is 0.164 e. The van der Waals surface area contributed by atoms with Gasteiger partial charge in [0.2, 0.25) is 0 Å². The van der Waals surface area contributed by atoms with Crippen molar-refractivity contribution in [1.82, 2.24) is 15.0 Å². The third kappa shape index (κ3) is 4.37. The predicted octanol–water partition coefficient (Wildman–Crippen LogP) is 12.7. The van der Waals surface area contributed by atoms with Crippen molar-refractivity contribution in [3.05, 3.63) is 152 Å². The summed E-state index contributed by atoms with van der Waals surface area (Å²) in [6.45, 7) is 0. The molecule has 0 aliphatic carbocycles. The first kappa shape index (κ1) is 22.9. The number of para-hydroxylation sites is 2. The van der Waals surface area contributed by atoms with E-state index in [-0.39, 0.29) is 81.0 Å². The van der Waals surface area contributed by atoms with Gasteiger partial charge in [0.05, 0.1) is 8.22 Å². The molecular weight excluding hydrogens is 647 g/mol. The van der Waals surface area contributed by atoms with Crippen LogP contribution in [0.3, 0.4) is 0 Å². The van der Waals surface area contributed by atoms with E-state index in [1.54, 1.807) is 11.3 Å². The molecule has 0 N–H and O–H groups in total. The molecule has 0 aliphatic rings. The molecule has 6 heteroatoms. The second-order valence-electron chi connectivity index (χ2n) is 12.2. The molecule has 0 saturated heterocycles. The SMILES string of the molecule is [2H]c1c([2H])c([2H])c2c(oc3c([2H])c(-c4nc(-c5ccccc5)nc(-c5cccc6oc7ccccc7c56)n4)c([2H])c([2H])c32)c1-c1cccc2sc3ccccc3c12. The Kier molecular flexibility index (Phi) is 4.91. The average Bonchev–Trinajstić information content (AvgIpc) is 3.95. The highest BCUT2D eigenvalue weighted by atomic mass is 32.1. The van der Waals surface area contributed by atoms with E-state index in [1.807, 2.05) is 115 Å². The van der Waals surface area contributed by atoms with Gasteiger partial charge in [-0.2, -0.15) is 0 Å². The zero-order valence-electron chi connectivity index (χ0n) is 32.5. The lowest BCUT2D eigenvalue weighted by Gasteiger charge is -2.09. The van der Waals surface area contributed by atoms with E-state index in [2.05, 4.69) is 0 Å². The molecule has 0 unspecified atom stereocenters. The van der Waals surface area contributed by atoms with Gasteiger partial charge in [0.15, 0.2) is 17.5 Å². The zero-order valence-corrected chi connectivity index (χ0v) is 27.4. The third-order valence-electron chi connectivity index (χ3n) is 9.27. The summed E-state index contributed by atoms with van der Waals surface area (Å²) in [7, 11) is 0. The predicted molar refractivity (Wildman–Crippen MR) is 209 cm³/mol. The van der Waals surface area contributed by atoms with Crippen LogP contribution in [-0.2, 0) is 0 Å². The lowest BCUT2D eigenvalue weighted by Crippen LogP contribution is -2.00. The fourth-order valence-electron chi connectivity index (χ4n) is 6.99. The number of hydrogen-bond donors (Lipinski definition) is 0. The summed E-state index contributed by atoms with van der Waals surface area (Å²) >= 11 is 1.62. The number of hydrogen-bond acceptors (Lipinski definition) is 6. The van der Waals surface area contributed by atoms with Crippen molar-refractivity contribution in [2.24, 2.45) is 0 Å². The summed E-state index contributed by atoms with van der Waals surface area (Å²) in [6.07, 6.45) is 0. The van der Waals surface area contributed by atoms with Crippen molar-refractivity contribution in [3.63, 3.8) is 0 Å². The Labute approximate surface area is 303 Å². The van der Waals surface area contributed by atoms with Crippen molar-refractivity contribution >= 4 is 75.4 Å². The largest absolute Gasteiger partial charge is 0.456 e. The molecule has 51 heavy (non-hydrogen) atoms. The van der Waals surface area contributed by atoms with Crippen LogP contribution in [0.15, 0.2) is 160 Å². The van der Waals surface area contributed by atoms with Gasteiger partial charge in [0.25, 0.3) is 0 Å². The van der Waals surface area contributed by atoms with Crippen LogP contribution in [0.1, 0.15) is 8.22 Å². The van der Waals surface area contributed by atoms with Gasteiger partial charge in [-0.05, 0) is 41.9 Å². The van der Waals surface area contributed by atoms with Gasteiger partial charge in [-0.15, -0.1) is 11.3 Å². The Bertz CT molecular complexity index is 3510. The smallest absolute Gasteiger partial charge is 0.164 e. The summed E-state index contributed by atoms with van der Waals surface area (Å²) in [5.74, 6) is 0.591. The topological polar surface area (TPSA) is 65.0 Å². The molecule has 0 saturated carbocycles. The Balaban J connectivity index is 1.21. The number of furan rings is 2. The molecule has 0 aliphatic heterocycles. The second-order valence-corrected chi connectivity index (χ2v) is 13.3. The summed E-state index contributed by atoms with van der Waals surface area (Å²) in [4.78, 5) is 14.6. The highest BCUT2D eigenvalue weighted by molar-refractivity contribution is 7.25. The first-order chi connectivity index (χ1) is 27.8. The van der Waals surface area contributed by atoms with E-state index in [0.717, 1.165) is 30.9 Å². The fraction of sp³-hybridized carbons (Fsp3) is 0. The number of benzene rings is 7. The van der Waals surface area contributed by atoms with Crippen LogP contribution in [-0.4, -0.2) is 15.0 Å². The van der Waals surface area contributed by atoms with E-state index in [1.165, 1.54) is 0 Å². The highest BCUT2D eigenvalue weighted by Crippen LogP contribution is 2.44. The Morgan fingerprint density at radius 2 is 1.18 bits per heavy atom. The van der Waals surface area contributed by atoms with Crippen molar-refractivity contribution in [2.75, 3.05) is 0 Å². The molecule has 11 rings (SSSR count). The summed E-state index contributed by atoms with van der Waals surface area (Å²) in [5, 5.41) is 3.71. The normalized spacial score (nSPS) is 13.6. The lowest BCUT2D eigenvalue weighted by atomic mass is 9.97. The number of thiophene rings is 1. The van der Waals surface area contributed by atoms with Gasteiger partial charge in [-0.1, -0.05) is 115 Å².